The van der Waals surface area contributed by atoms with E-state index in [1.807, 2.05) is 10.6 Å². The summed E-state index contributed by atoms with van der Waals surface area (Å²) in [6, 6.07) is 1.17. The summed E-state index contributed by atoms with van der Waals surface area (Å²) in [7, 11) is 0. The monoisotopic (exact) mass is 681 g/mol. The fraction of sp³-hybridized carbons (Fsp3) is 0.385. The summed E-state index contributed by atoms with van der Waals surface area (Å²) in [5.74, 6) is -9.33. The average Bonchev–Trinajstić information content (AvgIpc) is 2.99. The number of esters is 1. The third-order valence-electron chi connectivity index (χ3n) is 6.59. The molecule has 1 saturated heterocycles. The van der Waals surface area contributed by atoms with E-state index in [4.69, 9.17) is 9.47 Å². The van der Waals surface area contributed by atoms with Crippen molar-refractivity contribution in [1.29, 1.82) is 0 Å². The van der Waals surface area contributed by atoms with Gasteiger partial charge < -0.3 is 76.0 Å². The van der Waals surface area contributed by atoms with Crippen molar-refractivity contribution in [2.45, 2.75) is 42.6 Å². The first-order valence-electron chi connectivity index (χ1n) is 12.7. The number of ether oxygens (including phenoxy) is 2. The Balaban J connectivity index is 0.00000705. The minimum absolute atomic E-state index is 0. The SMILES string of the molecule is O=C(N[C@@H](COC(=O)[C@H](CO)NC(=O)c1cccc(O)c1O)C(=O)[O-])c1cc([C@@H]2O[C@H](CO)[C@@H](O)[C@H](O)[C@H]2O)cc(O)c1O.[Fe]. The number of benzene rings is 2. The van der Waals surface area contributed by atoms with Crippen LogP contribution in [0.25, 0.3) is 0 Å². The number of amides is 2. The van der Waals surface area contributed by atoms with E-state index in [-0.39, 0.29) is 22.6 Å². The van der Waals surface area contributed by atoms with Crippen LogP contribution in [0.1, 0.15) is 32.4 Å². The molecule has 2 aromatic carbocycles. The summed E-state index contributed by atoms with van der Waals surface area (Å²) >= 11 is 0. The number of hydrogen-bond acceptors (Lipinski definition) is 16. The number of hydrogen-bond donors (Lipinski definition) is 11. The molecular weight excluding hydrogens is 652 g/mol. The minimum atomic E-state index is -2.10. The summed E-state index contributed by atoms with van der Waals surface area (Å²) in [5, 5.41) is 105. The molecule has 18 nitrogen and oxygen atoms in total. The number of carbonyl (C=O) groups is 4. The van der Waals surface area contributed by atoms with E-state index in [2.05, 4.69) is 0 Å². The molecule has 248 valence electrons. The van der Waals surface area contributed by atoms with E-state index in [0.29, 0.717) is 0 Å². The van der Waals surface area contributed by atoms with Gasteiger partial charge in [0.2, 0.25) is 0 Å². The van der Waals surface area contributed by atoms with Crippen molar-refractivity contribution >= 4 is 23.8 Å². The predicted octanol–water partition coefficient (Wildman–Crippen LogP) is -4.80. The largest absolute Gasteiger partial charge is 0.548 e. The molecule has 0 aromatic heterocycles. The maximum Gasteiger partial charge on any atom is 0.331 e. The maximum atomic E-state index is 12.9. The number of carboxylic acids is 1. The van der Waals surface area contributed by atoms with Gasteiger partial charge in [0.25, 0.3) is 11.8 Å². The Morgan fingerprint density at radius 2 is 1.44 bits per heavy atom. The number of aliphatic hydroxyl groups excluding tert-OH is 5. The van der Waals surface area contributed by atoms with Gasteiger partial charge >= 0.3 is 5.97 Å². The number of para-hydroxylation sites is 1. The van der Waals surface area contributed by atoms with Crippen molar-refractivity contribution in [3.8, 4) is 23.0 Å². The quantitative estimate of drug-likeness (QED) is 0.0602. The van der Waals surface area contributed by atoms with E-state index >= 15 is 0 Å². The van der Waals surface area contributed by atoms with Gasteiger partial charge in [0.05, 0.1) is 30.3 Å². The molecule has 0 bridgehead atoms. The second-order valence-electron chi connectivity index (χ2n) is 9.54. The topological polar surface area (TPSA) is 316 Å². The van der Waals surface area contributed by atoms with Crippen molar-refractivity contribution in [2.24, 2.45) is 0 Å². The van der Waals surface area contributed by atoms with E-state index in [1.54, 1.807) is 0 Å². The molecule has 0 radical (unpaired) electrons. The van der Waals surface area contributed by atoms with Crippen LogP contribution in [-0.2, 0) is 36.1 Å². The number of nitrogens with one attached hydrogen (secondary N) is 2. The molecule has 2 aromatic rings. The molecule has 0 aliphatic carbocycles. The number of carbonyl (C=O) groups excluding carboxylic acids is 4. The van der Waals surface area contributed by atoms with Crippen LogP contribution >= 0.6 is 0 Å². The zero-order valence-corrected chi connectivity index (χ0v) is 23.9. The zero-order chi connectivity index (χ0) is 32.9. The molecule has 1 aliphatic rings. The van der Waals surface area contributed by atoms with Gasteiger partial charge in [-0.05, 0) is 29.8 Å². The van der Waals surface area contributed by atoms with Crippen LogP contribution in [0, 0.1) is 0 Å². The molecule has 2 amide bonds. The molecule has 0 spiro atoms. The van der Waals surface area contributed by atoms with Gasteiger partial charge in [-0.3, -0.25) is 9.59 Å². The second kappa shape index (κ2) is 15.7. The van der Waals surface area contributed by atoms with E-state index < -0.39 is 120 Å². The van der Waals surface area contributed by atoms with Gasteiger partial charge in [-0.15, -0.1) is 0 Å². The van der Waals surface area contributed by atoms with E-state index in [9.17, 15) is 70.2 Å². The number of phenolic OH excluding ortho intramolecular Hbond substituents is 4. The number of rotatable bonds is 11. The third kappa shape index (κ3) is 8.29. The standard InChI is InChI=1S/C26H30N2O16.Fe/c29-6-12(27-23(38)10-2-1-3-14(31)17(10)33)26(42)43-8-13(25(40)41)28-24(39)11-4-9(5-15(32)18(11)34)22-21(37)20(36)19(35)16(7-30)44-22;/h1-5,12-13,16,19-22,29-37H,6-8H2,(H,27,38)(H,28,39)(H,40,41);/p-1/t12-,13-,16+,19+,20-,21+,22-;/m0./s1. The molecule has 45 heavy (non-hydrogen) atoms. The van der Waals surface area contributed by atoms with Crippen molar-refractivity contribution < 1.29 is 96.8 Å². The van der Waals surface area contributed by atoms with Crippen LogP contribution < -0.4 is 15.7 Å². The molecule has 0 saturated carbocycles. The molecule has 19 heteroatoms. The third-order valence-corrected chi connectivity index (χ3v) is 6.59. The van der Waals surface area contributed by atoms with Gasteiger partial charge in [0.15, 0.2) is 29.0 Å². The van der Waals surface area contributed by atoms with Gasteiger partial charge in [0, 0.05) is 17.1 Å². The first-order valence-corrected chi connectivity index (χ1v) is 12.7. The minimum Gasteiger partial charge on any atom is -0.548 e. The van der Waals surface area contributed by atoms with Gasteiger partial charge in [-0.2, -0.15) is 0 Å². The Morgan fingerprint density at radius 3 is 2.04 bits per heavy atom. The van der Waals surface area contributed by atoms with Crippen molar-refractivity contribution in [1.82, 2.24) is 10.6 Å². The van der Waals surface area contributed by atoms with Gasteiger partial charge in [0.1, 0.15) is 43.2 Å². The summed E-state index contributed by atoms with van der Waals surface area (Å²) in [4.78, 5) is 49.3. The number of aliphatic hydroxyl groups is 5. The molecule has 1 heterocycles. The number of phenols is 4. The summed E-state index contributed by atoms with van der Waals surface area (Å²) in [6.45, 7) is -2.97. The number of aliphatic carboxylic acids is 1. The second-order valence-corrected chi connectivity index (χ2v) is 9.54. The van der Waals surface area contributed by atoms with Crippen LogP contribution in [-0.4, -0.2) is 126 Å². The Hall–Kier alpha value is -4.20. The van der Waals surface area contributed by atoms with Crippen molar-refractivity contribution in [3.05, 3.63) is 47.0 Å². The summed E-state index contributed by atoms with van der Waals surface area (Å²) in [5.41, 5.74) is -1.48. The van der Waals surface area contributed by atoms with E-state index in [1.165, 1.54) is 6.07 Å². The molecule has 7 atom stereocenters. The maximum absolute atomic E-state index is 12.9. The van der Waals surface area contributed by atoms with Gasteiger partial charge in [-0.1, -0.05) is 6.07 Å². The van der Waals surface area contributed by atoms with Crippen LogP contribution in [0.15, 0.2) is 30.3 Å². The fourth-order valence-electron chi connectivity index (χ4n) is 4.16. The smallest absolute Gasteiger partial charge is 0.331 e. The fourth-order valence-corrected chi connectivity index (χ4v) is 4.16. The first-order chi connectivity index (χ1) is 20.7. The zero-order valence-electron chi connectivity index (χ0n) is 22.8. The van der Waals surface area contributed by atoms with Crippen molar-refractivity contribution in [3.63, 3.8) is 0 Å². The molecule has 1 fully saturated rings. The van der Waals surface area contributed by atoms with Gasteiger partial charge in [-0.25, -0.2) is 4.79 Å². The number of carboxylic acid groups (broad SMARTS) is 1. The molecule has 1 aliphatic heterocycles. The Morgan fingerprint density at radius 1 is 0.844 bits per heavy atom. The van der Waals surface area contributed by atoms with E-state index in [0.717, 1.165) is 24.3 Å². The Bertz CT molecular complexity index is 1410. The average molecular weight is 681 g/mol. The Labute approximate surface area is 263 Å². The van der Waals surface area contributed by atoms with Crippen molar-refractivity contribution in [2.75, 3.05) is 19.8 Å². The summed E-state index contributed by atoms with van der Waals surface area (Å²) < 4.78 is 10.1. The molecule has 11 N–H and O–H groups in total. The van der Waals surface area contributed by atoms with Crippen LogP contribution in [0.2, 0.25) is 0 Å². The normalized spacial score (nSPS) is 22.3. The first kappa shape index (κ1) is 37.0. The Kier molecular flexibility index (Phi) is 12.9. The van der Waals surface area contributed by atoms with Crippen LogP contribution in [0.3, 0.4) is 0 Å². The molecular formula is C26H29FeN2O16-. The van der Waals surface area contributed by atoms with Crippen LogP contribution in [0.5, 0.6) is 23.0 Å². The molecule has 0 unspecified atom stereocenters. The molecule has 3 rings (SSSR count). The summed E-state index contributed by atoms with van der Waals surface area (Å²) in [6.07, 6.45) is -8.28. The van der Waals surface area contributed by atoms with Crippen LogP contribution in [0.4, 0.5) is 0 Å². The number of aromatic hydroxyl groups is 4. The predicted molar refractivity (Wildman–Crippen MR) is 138 cm³/mol.